The molecule has 1 saturated carbocycles. The lowest BCUT2D eigenvalue weighted by Gasteiger charge is -2.39. The molecule has 1 aliphatic rings. The van der Waals surface area contributed by atoms with Crippen molar-refractivity contribution in [3.8, 4) is 0 Å². The van der Waals surface area contributed by atoms with Crippen molar-refractivity contribution in [1.29, 1.82) is 0 Å². The van der Waals surface area contributed by atoms with Gasteiger partial charge in [-0.25, -0.2) is 0 Å². The summed E-state index contributed by atoms with van der Waals surface area (Å²) < 4.78 is 0. The Labute approximate surface area is 94.5 Å². The van der Waals surface area contributed by atoms with Crippen molar-refractivity contribution in [2.24, 2.45) is 5.92 Å². The van der Waals surface area contributed by atoms with Crippen LogP contribution >= 0.6 is 0 Å². The quantitative estimate of drug-likeness (QED) is 0.665. The number of unbranched alkanes of at least 4 members (excludes halogenated alkanes) is 2. The molecule has 0 aliphatic heterocycles. The maximum Gasteiger partial charge on any atom is 0.0613 e. The van der Waals surface area contributed by atoms with E-state index in [0.717, 1.165) is 25.3 Å². The van der Waals surface area contributed by atoms with E-state index >= 15 is 0 Å². The van der Waals surface area contributed by atoms with Crippen LogP contribution in [0.1, 0.15) is 58.8 Å². The van der Waals surface area contributed by atoms with E-state index < -0.39 is 0 Å². The van der Waals surface area contributed by atoms with Gasteiger partial charge < -0.3 is 10.4 Å². The molecular formula is C13H27NO. The summed E-state index contributed by atoms with van der Waals surface area (Å²) in [5.74, 6) is 0.768. The highest BCUT2D eigenvalue weighted by atomic mass is 16.3. The summed E-state index contributed by atoms with van der Waals surface area (Å²) in [5, 5.41) is 13.2. The Balaban J connectivity index is 2.31. The van der Waals surface area contributed by atoms with Gasteiger partial charge in [-0.3, -0.25) is 0 Å². The van der Waals surface area contributed by atoms with Gasteiger partial charge in [0.1, 0.15) is 0 Å². The third kappa shape index (κ3) is 4.12. The largest absolute Gasteiger partial charge is 0.394 e. The maximum absolute atomic E-state index is 9.55. The number of rotatable bonds is 6. The SMILES string of the molecule is CCCCCNC1(CO)CCCC(C)C1. The first-order chi connectivity index (χ1) is 7.22. The zero-order valence-corrected chi connectivity index (χ0v) is 10.4. The molecule has 0 aromatic rings. The van der Waals surface area contributed by atoms with E-state index in [2.05, 4.69) is 19.2 Å². The van der Waals surface area contributed by atoms with E-state index in [1.165, 1.54) is 32.1 Å². The fraction of sp³-hybridized carbons (Fsp3) is 1.00. The standard InChI is InChI=1S/C13H27NO/c1-3-4-5-9-14-13(11-15)8-6-7-12(2)10-13/h12,14-15H,3-11H2,1-2H3. The van der Waals surface area contributed by atoms with Crippen molar-refractivity contribution >= 4 is 0 Å². The van der Waals surface area contributed by atoms with Gasteiger partial charge in [-0.1, -0.05) is 39.5 Å². The molecule has 0 spiro atoms. The predicted octanol–water partition coefficient (Wildman–Crippen LogP) is 2.71. The summed E-state index contributed by atoms with van der Waals surface area (Å²) in [5.41, 5.74) is 0.0470. The molecule has 2 heteroatoms. The molecule has 2 N–H and O–H groups in total. The molecule has 0 bridgehead atoms. The van der Waals surface area contributed by atoms with Crippen LogP contribution in [-0.4, -0.2) is 23.8 Å². The third-order valence-corrected chi connectivity index (χ3v) is 3.67. The zero-order chi connectivity index (χ0) is 11.1. The molecule has 0 radical (unpaired) electrons. The van der Waals surface area contributed by atoms with Gasteiger partial charge in [-0.2, -0.15) is 0 Å². The number of nitrogens with one attached hydrogen (secondary N) is 1. The Morgan fingerprint density at radius 2 is 2.20 bits per heavy atom. The molecular weight excluding hydrogens is 186 g/mol. The van der Waals surface area contributed by atoms with Crippen LogP contribution in [0.3, 0.4) is 0 Å². The Bertz CT molecular complexity index is 172. The second-order valence-corrected chi connectivity index (χ2v) is 5.27. The minimum Gasteiger partial charge on any atom is -0.394 e. The van der Waals surface area contributed by atoms with Crippen LogP contribution in [0.4, 0.5) is 0 Å². The molecule has 0 saturated heterocycles. The molecule has 2 unspecified atom stereocenters. The molecule has 90 valence electrons. The van der Waals surface area contributed by atoms with E-state index in [4.69, 9.17) is 0 Å². The van der Waals surface area contributed by atoms with E-state index in [9.17, 15) is 5.11 Å². The summed E-state index contributed by atoms with van der Waals surface area (Å²) >= 11 is 0. The summed E-state index contributed by atoms with van der Waals surface area (Å²) in [4.78, 5) is 0. The highest BCUT2D eigenvalue weighted by Crippen LogP contribution is 2.31. The first kappa shape index (κ1) is 13.0. The number of aliphatic hydroxyl groups excluding tert-OH is 1. The number of aliphatic hydroxyl groups is 1. The third-order valence-electron chi connectivity index (χ3n) is 3.67. The van der Waals surface area contributed by atoms with Crippen LogP contribution in [0.25, 0.3) is 0 Å². The molecule has 1 fully saturated rings. The normalized spacial score (nSPS) is 31.8. The van der Waals surface area contributed by atoms with Gasteiger partial charge in [0.05, 0.1) is 6.61 Å². The van der Waals surface area contributed by atoms with Gasteiger partial charge >= 0.3 is 0 Å². The van der Waals surface area contributed by atoms with Crippen LogP contribution in [0.15, 0.2) is 0 Å². The van der Waals surface area contributed by atoms with Gasteiger partial charge in [0.15, 0.2) is 0 Å². The number of hydrogen-bond acceptors (Lipinski definition) is 2. The molecule has 1 aliphatic carbocycles. The molecule has 0 amide bonds. The summed E-state index contributed by atoms with van der Waals surface area (Å²) in [6.07, 6.45) is 8.71. The van der Waals surface area contributed by atoms with E-state index in [1.807, 2.05) is 0 Å². The van der Waals surface area contributed by atoms with Crippen LogP contribution in [0, 0.1) is 5.92 Å². The van der Waals surface area contributed by atoms with Crippen LogP contribution < -0.4 is 5.32 Å². The fourth-order valence-corrected chi connectivity index (χ4v) is 2.75. The fourth-order valence-electron chi connectivity index (χ4n) is 2.75. The van der Waals surface area contributed by atoms with Crippen LogP contribution in [0.5, 0.6) is 0 Å². The second-order valence-electron chi connectivity index (χ2n) is 5.27. The van der Waals surface area contributed by atoms with Gasteiger partial charge in [0, 0.05) is 5.54 Å². The molecule has 2 atom stereocenters. The zero-order valence-electron chi connectivity index (χ0n) is 10.4. The maximum atomic E-state index is 9.55. The first-order valence-electron chi connectivity index (χ1n) is 6.58. The molecule has 0 heterocycles. The summed E-state index contributed by atoms with van der Waals surface area (Å²) in [6, 6.07) is 0. The van der Waals surface area contributed by atoms with Gasteiger partial charge in [-0.15, -0.1) is 0 Å². The van der Waals surface area contributed by atoms with Crippen molar-refractivity contribution in [2.45, 2.75) is 64.3 Å². The van der Waals surface area contributed by atoms with E-state index in [-0.39, 0.29) is 5.54 Å². The smallest absolute Gasteiger partial charge is 0.0613 e. The topological polar surface area (TPSA) is 32.3 Å². The first-order valence-corrected chi connectivity index (χ1v) is 6.58. The lowest BCUT2D eigenvalue weighted by molar-refractivity contribution is 0.0996. The summed E-state index contributed by atoms with van der Waals surface area (Å²) in [7, 11) is 0. The van der Waals surface area contributed by atoms with Crippen molar-refractivity contribution in [1.82, 2.24) is 5.32 Å². The highest BCUT2D eigenvalue weighted by molar-refractivity contribution is 4.92. The van der Waals surface area contributed by atoms with Crippen molar-refractivity contribution in [2.75, 3.05) is 13.2 Å². The Morgan fingerprint density at radius 1 is 1.40 bits per heavy atom. The van der Waals surface area contributed by atoms with Crippen molar-refractivity contribution in [3.63, 3.8) is 0 Å². The van der Waals surface area contributed by atoms with Crippen molar-refractivity contribution in [3.05, 3.63) is 0 Å². The minimum absolute atomic E-state index is 0.0470. The number of hydrogen-bond donors (Lipinski definition) is 2. The van der Waals surface area contributed by atoms with E-state index in [1.54, 1.807) is 0 Å². The Hall–Kier alpha value is -0.0800. The van der Waals surface area contributed by atoms with E-state index in [0.29, 0.717) is 6.61 Å². The average molecular weight is 213 g/mol. The average Bonchev–Trinajstić information content (AvgIpc) is 2.25. The van der Waals surface area contributed by atoms with Crippen molar-refractivity contribution < 1.29 is 5.11 Å². The van der Waals surface area contributed by atoms with Gasteiger partial charge in [-0.05, 0) is 31.7 Å². The van der Waals surface area contributed by atoms with Gasteiger partial charge in [0.25, 0.3) is 0 Å². The molecule has 0 aromatic heterocycles. The second kappa shape index (κ2) is 6.49. The molecule has 2 nitrogen and oxygen atoms in total. The predicted molar refractivity (Wildman–Crippen MR) is 65.0 cm³/mol. The minimum atomic E-state index is 0.0470. The lowest BCUT2D eigenvalue weighted by Crippen LogP contribution is -2.51. The van der Waals surface area contributed by atoms with Crippen LogP contribution in [0.2, 0.25) is 0 Å². The summed E-state index contributed by atoms with van der Waals surface area (Å²) in [6.45, 7) is 5.91. The molecule has 1 rings (SSSR count). The molecule has 0 aromatic carbocycles. The lowest BCUT2D eigenvalue weighted by atomic mass is 9.77. The monoisotopic (exact) mass is 213 g/mol. The Kier molecular flexibility index (Phi) is 5.62. The molecule has 15 heavy (non-hydrogen) atoms. The Morgan fingerprint density at radius 3 is 2.80 bits per heavy atom. The highest BCUT2D eigenvalue weighted by Gasteiger charge is 2.33. The van der Waals surface area contributed by atoms with Crippen LogP contribution in [-0.2, 0) is 0 Å². The van der Waals surface area contributed by atoms with Gasteiger partial charge in [0.2, 0.25) is 0 Å².